The van der Waals surface area contributed by atoms with Crippen molar-refractivity contribution in [2.45, 2.75) is 148 Å². The van der Waals surface area contributed by atoms with Gasteiger partial charge in [0.25, 0.3) is 0 Å². The van der Waals surface area contributed by atoms with Crippen LogP contribution in [0.25, 0.3) is 0 Å². The SMILES string of the molecule is CC(C)C[C@H](NC(=O)[C@@H](NC(=O)[C@@H]1Cc2cc(O)ccc2CN1C(=O)[C@@H]1CCCN1C(=O)[C@H](CCCCN)NC(=O)C[C@@H](N)CCCCN)C(C)(C)C)C(=O)O. The van der Waals surface area contributed by atoms with E-state index in [9.17, 15) is 39.0 Å². The van der Waals surface area contributed by atoms with Crippen LogP contribution in [-0.2, 0) is 41.7 Å². The van der Waals surface area contributed by atoms with E-state index in [4.69, 9.17) is 17.2 Å². The van der Waals surface area contributed by atoms with Gasteiger partial charge in [-0.1, -0.05) is 47.1 Å². The zero-order valence-corrected chi connectivity index (χ0v) is 33.9. The first-order valence-electron chi connectivity index (χ1n) is 20.1. The van der Waals surface area contributed by atoms with Gasteiger partial charge in [-0.2, -0.15) is 0 Å². The number of rotatable bonds is 20. The number of carbonyl (C=O) groups is 6. The molecule has 0 aromatic heterocycles. The number of nitrogens with two attached hydrogens (primary N) is 3. The van der Waals surface area contributed by atoms with Crippen LogP contribution < -0.4 is 33.2 Å². The van der Waals surface area contributed by atoms with Gasteiger partial charge in [-0.25, -0.2) is 4.79 Å². The van der Waals surface area contributed by atoms with Gasteiger partial charge in [0.15, 0.2) is 0 Å². The molecule has 0 saturated carbocycles. The summed E-state index contributed by atoms with van der Waals surface area (Å²) in [6.07, 6.45) is 4.86. The van der Waals surface area contributed by atoms with Gasteiger partial charge in [0, 0.05) is 32.0 Å². The van der Waals surface area contributed by atoms with Gasteiger partial charge >= 0.3 is 5.97 Å². The van der Waals surface area contributed by atoms with E-state index in [1.807, 2.05) is 13.8 Å². The minimum atomic E-state index is -1.19. The molecular weight excluding hydrogens is 720 g/mol. The first-order chi connectivity index (χ1) is 26.4. The molecule has 56 heavy (non-hydrogen) atoms. The quantitative estimate of drug-likeness (QED) is 0.0872. The number of hydrogen-bond donors (Lipinski definition) is 8. The number of nitrogens with one attached hydrogen (secondary N) is 3. The van der Waals surface area contributed by atoms with Crippen molar-refractivity contribution in [3.63, 3.8) is 0 Å². The molecule has 0 spiro atoms. The number of aliphatic carboxylic acids is 1. The highest BCUT2D eigenvalue weighted by Crippen LogP contribution is 2.31. The van der Waals surface area contributed by atoms with Gasteiger partial charge in [0.05, 0.1) is 0 Å². The lowest BCUT2D eigenvalue weighted by Gasteiger charge is -2.40. The smallest absolute Gasteiger partial charge is 0.326 e. The minimum Gasteiger partial charge on any atom is -0.508 e. The molecule has 2 aliphatic rings. The lowest BCUT2D eigenvalue weighted by atomic mass is 9.85. The van der Waals surface area contributed by atoms with Crippen LogP contribution in [-0.4, -0.2) is 111 Å². The van der Waals surface area contributed by atoms with E-state index < -0.39 is 71.3 Å². The lowest BCUT2D eigenvalue weighted by molar-refractivity contribution is -0.151. The first kappa shape index (κ1) is 46.1. The van der Waals surface area contributed by atoms with Crippen molar-refractivity contribution in [3.05, 3.63) is 29.3 Å². The first-order valence-corrected chi connectivity index (χ1v) is 20.1. The number of carbonyl (C=O) groups excluding carboxylic acids is 5. The normalized spacial score (nSPS) is 19.1. The summed E-state index contributed by atoms with van der Waals surface area (Å²) in [6, 6.07) is -0.941. The maximum Gasteiger partial charge on any atom is 0.326 e. The molecule has 2 heterocycles. The summed E-state index contributed by atoms with van der Waals surface area (Å²) < 4.78 is 0. The standard InChI is InChI=1S/C40H66N8O8/c1-24(2)19-30(39(55)56)45-36(52)34(40(3,4)5)46-35(51)32-21-26-20-28(49)15-14-25(26)23-48(32)38(54)31-13-10-18-47(31)37(53)29(12-7-9-17-42)44-33(50)22-27(43)11-6-8-16-41/h14-15,20,24,27,29-32,34,49H,6-13,16-19,21-23,41-43H2,1-5H3,(H,44,50)(H,45,52)(H,46,51)(H,55,56)/t27-,29-,30-,31-,32-,34+/m0/s1. The highest BCUT2D eigenvalue weighted by Gasteiger charge is 2.45. The van der Waals surface area contributed by atoms with E-state index in [0.717, 1.165) is 12.8 Å². The molecule has 6 atom stereocenters. The number of nitrogens with zero attached hydrogens (tertiary/aromatic N) is 2. The van der Waals surface area contributed by atoms with Crippen molar-refractivity contribution in [2.24, 2.45) is 28.5 Å². The van der Waals surface area contributed by atoms with E-state index >= 15 is 0 Å². The number of unbranched alkanes of at least 4 members (excludes halogenated alkanes) is 2. The van der Waals surface area contributed by atoms with Gasteiger partial charge < -0.3 is 53.2 Å². The average Bonchev–Trinajstić information content (AvgIpc) is 3.61. The molecule has 3 rings (SSSR count). The van der Waals surface area contributed by atoms with E-state index in [1.165, 1.54) is 15.9 Å². The van der Waals surface area contributed by atoms with Crippen molar-refractivity contribution in [1.82, 2.24) is 25.8 Å². The predicted molar refractivity (Wildman–Crippen MR) is 212 cm³/mol. The van der Waals surface area contributed by atoms with Crippen LogP contribution in [0.2, 0.25) is 0 Å². The molecule has 0 radical (unpaired) electrons. The average molecular weight is 787 g/mol. The van der Waals surface area contributed by atoms with Crippen LogP contribution in [0, 0.1) is 11.3 Å². The third-order valence-electron chi connectivity index (χ3n) is 10.5. The topological polar surface area (TPSA) is 264 Å². The molecular formula is C40H66N8O8. The van der Waals surface area contributed by atoms with Gasteiger partial charge in [-0.15, -0.1) is 0 Å². The molecule has 1 saturated heterocycles. The highest BCUT2D eigenvalue weighted by molar-refractivity contribution is 5.97. The summed E-state index contributed by atoms with van der Waals surface area (Å²) in [5.74, 6) is -3.74. The fourth-order valence-electron chi connectivity index (χ4n) is 7.47. The van der Waals surface area contributed by atoms with Gasteiger partial charge in [0.2, 0.25) is 29.5 Å². The number of phenols is 1. The molecule has 314 valence electrons. The number of aromatic hydroxyl groups is 1. The number of fused-ring (bicyclic) bond motifs is 1. The molecule has 1 aromatic rings. The molecule has 1 fully saturated rings. The minimum absolute atomic E-state index is 0.00559. The summed E-state index contributed by atoms with van der Waals surface area (Å²) in [7, 11) is 0. The summed E-state index contributed by atoms with van der Waals surface area (Å²) >= 11 is 0. The number of benzene rings is 1. The summed E-state index contributed by atoms with van der Waals surface area (Å²) in [6.45, 7) is 10.1. The molecule has 0 aliphatic carbocycles. The Kier molecular flexibility index (Phi) is 17.5. The van der Waals surface area contributed by atoms with Crippen molar-refractivity contribution >= 4 is 35.5 Å². The molecule has 16 heteroatoms. The van der Waals surface area contributed by atoms with Crippen LogP contribution in [0.4, 0.5) is 0 Å². The zero-order chi connectivity index (χ0) is 41.7. The van der Waals surface area contributed by atoms with Gasteiger partial charge in [0.1, 0.15) is 36.0 Å². The second kappa shape index (κ2) is 21.3. The fraction of sp³-hybridized carbons (Fsp3) is 0.700. The van der Waals surface area contributed by atoms with E-state index in [2.05, 4.69) is 16.0 Å². The van der Waals surface area contributed by atoms with Crippen LogP contribution in [0.1, 0.15) is 110 Å². The predicted octanol–water partition coefficient (Wildman–Crippen LogP) is 1.24. The maximum atomic E-state index is 14.7. The fourth-order valence-corrected chi connectivity index (χ4v) is 7.47. The number of hydrogen-bond acceptors (Lipinski definition) is 10. The molecule has 0 unspecified atom stereocenters. The summed E-state index contributed by atoms with van der Waals surface area (Å²) in [4.78, 5) is 84.9. The molecule has 1 aromatic carbocycles. The number of likely N-dealkylation sites (tertiary alicyclic amines) is 1. The Hall–Kier alpha value is -4.28. The number of phenolic OH excluding ortho intramolecular Hbond substituents is 1. The number of amides is 5. The van der Waals surface area contributed by atoms with E-state index in [1.54, 1.807) is 32.9 Å². The van der Waals surface area contributed by atoms with Crippen molar-refractivity contribution in [3.8, 4) is 5.75 Å². The van der Waals surface area contributed by atoms with Crippen LogP contribution in [0.3, 0.4) is 0 Å². The Bertz CT molecular complexity index is 1530. The van der Waals surface area contributed by atoms with E-state index in [0.29, 0.717) is 62.7 Å². The Morgan fingerprint density at radius 2 is 1.54 bits per heavy atom. The molecule has 16 nitrogen and oxygen atoms in total. The summed E-state index contributed by atoms with van der Waals surface area (Å²) in [5, 5.41) is 28.4. The Labute approximate surface area is 331 Å². The lowest BCUT2D eigenvalue weighted by Crippen LogP contribution is -2.62. The molecule has 5 amide bonds. The van der Waals surface area contributed by atoms with Gasteiger partial charge in [-0.05, 0) is 99.0 Å². The second-order valence-electron chi connectivity index (χ2n) is 16.8. The zero-order valence-electron chi connectivity index (χ0n) is 33.9. The highest BCUT2D eigenvalue weighted by atomic mass is 16.4. The monoisotopic (exact) mass is 787 g/mol. The van der Waals surface area contributed by atoms with Gasteiger partial charge in [-0.3, -0.25) is 24.0 Å². The third-order valence-corrected chi connectivity index (χ3v) is 10.5. The number of carboxylic acids is 1. The van der Waals surface area contributed by atoms with Crippen molar-refractivity contribution < 1.29 is 39.0 Å². The largest absolute Gasteiger partial charge is 0.508 e. The Morgan fingerprint density at radius 3 is 2.14 bits per heavy atom. The second-order valence-corrected chi connectivity index (χ2v) is 16.8. The third kappa shape index (κ3) is 13.2. The maximum absolute atomic E-state index is 14.7. The van der Waals surface area contributed by atoms with Crippen LogP contribution in [0.15, 0.2) is 18.2 Å². The summed E-state index contributed by atoms with van der Waals surface area (Å²) in [5.41, 5.74) is 18.0. The Morgan fingerprint density at radius 1 is 0.875 bits per heavy atom. The molecule has 2 aliphatic heterocycles. The van der Waals surface area contributed by atoms with Crippen LogP contribution in [0.5, 0.6) is 5.75 Å². The molecule has 0 bridgehead atoms. The number of carboxylic acid groups (broad SMARTS) is 1. The van der Waals surface area contributed by atoms with Crippen molar-refractivity contribution in [1.29, 1.82) is 0 Å². The van der Waals surface area contributed by atoms with Crippen LogP contribution >= 0.6 is 0 Å². The van der Waals surface area contributed by atoms with Crippen molar-refractivity contribution in [2.75, 3.05) is 19.6 Å². The Balaban J connectivity index is 1.90. The van der Waals surface area contributed by atoms with E-state index in [-0.39, 0.29) is 49.9 Å². The molecule has 11 N–H and O–H groups in total.